The number of anilines is 1. The van der Waals surface area contributed by atoms with E-state index in [1.807, 2.05) is 6.92 Å². The minimum absolute atomic E-state index is 0.0730. The molecule has 1 heterocycles. The predicted octanol–water partition coefficient (Wildman–Crippen LogP) is 1.30. The highest BCUT2D eigenvalue weighted by atomic mass is 32.2. The quantitative estimate of drug-likeness (QED) is 0.878. The first kappa shape index (κ1) is 13.4. The van der Waals surface area contributed by atoms with Crippen LogP contribution in [0, 0.1) is 0 Å². The van der Waals surface area contributed by atoms with Gasteiger partial charge >= 0.3 is 0 Å². The number of sulfonamides is 1. The highest BCUT2D eigenvalue weighted by Gasteiger charge is 2.10. The van der Waals surface area contributed by atoms with Crippen molar-refractivity contribution < 1.29 is 8.42 Å². The summed E-state index contributed by atoms with van der Waals surface area (Å²) in [5.74, 6) is 0. The fourth-order valence-electron chi connectivity index (χ4n) is 1.62. The molecule has 0 amide bonds. The van der Waals surface area contributed by atoms with Crippen molar-refractivity contribution in [1.29, 1.82) is 0 Å². The number of hydrogen-bond acceptors (Lipinski definition) is 5. The summed E-state index contributed by atoms with van der Waals surface area (Å²) in [6.07, 6.45) is 4.85. The summed E-state index contributed by atoms with van der Waals surface area (Å²) < 4.78 is 22.5. The van der Waals surface area contributed by atoms with E-state index in [4.69, 9.17) is 5.14 Å². The summed E-state index contributed by atoms with van der Waals surface area (Å²) in [5, 5.41) is 8.24. The molecule has 6 nitrogen and oxygen atoms in total. The number of primary sulfonamides is 1. The maximum atomic E-state index is 11.3. The molecule has 0 spiro atoms. The molecule has 0 radical (unpaired) electrons. The third-order valence-corrected chi connectivity index (χ3v) is 3.48. The minimum Gasteiger partial charge on any atom is -0.377 e. The van der Waals surface area contributed by atoms with E-state index in [0.717, 1.165) is 5.69 Å². The van der Waals surface area contributed by atoms with Gasteiger partial charge in [0.2, 0.25) is 10.0 Å². The van der Waals surface area contributed by atoms with E-state index < -0.39 is 10.0 Å². The van der Waals surface area contributed by atoms with Crippen LogP contribution >= 0.6 is 0 Å². The lowest BCUT2D eigenvalue weighted by molar-refractivity contribution is 0.598. The predicted molar refractivity (Wildman–Crippen MR) is 71.9 cm³/mol. The molecule has 1 aromatic heterocycles. The second-order valence-electron chi connectivity index (χ2n) is 4.07. The number of benzene rings is 1. The van der Waals surface area contributed by atoms with Crippen LogP contribution in [0.1, 0.15) is 18.7 Å². The van der Waals surface area contributed by atoms with Crippen LogP contribution in [0.3, 0.4) is 0 Å². The highest BCUT2D eigenvalue weighted by molar-refractivity contribution is 7.89. The Kier molecular flexibility index (Phi) is 3.77. The standard InChI is InChI=1S/C12H14N4O2S/c1-9(12-8-14-5-6-15-12)16-10-3-2-4-11(7-10)19(13,17)18/h2-9,16H,1H3,(H2,13,17,18). The molecule has 0 saturated carbocycles. The second kappa shape index (κ2) is 5.33. The van der Waals surface area contributed by atoms with Gasteiger partial charge in [0.05, 0.1) is 22.8 Å². The summed E-state index contributed by atoms with van der Waals surface area (Å²) in [5.41, 5.74) is 1.42. The van der Waals surface area contributed by atoms with Crippen LogP contribution in [0.5, 0.6) is 0 Å². The fraction of sp³-hybridized carbons (Fsp3) is 0.167. The number of nitrogens with zero attached hydrogens (tertiary/aromatic N) is 2. The minimum atomic E-state index is -3.69. The van der Waals surface area contributed by atoms with Crippen molar-refractivity contribution in [3.8, 4) is 0 Å². The molecular weight excluding hydrogens is 264 g/mol. The smallest absolute Gasteiger partial charge is 0.238 e. The molecule has 100 valence electrons. The number of rotatable bonds is 4. The summed E-state index contributed by atoms with van der Waals surface area (Å²) >= 11 is 0. The Balaban J connectivity index is 2.20. The third kappa shape index (κ3) is 3.49. The fourth-order valence-corrected chi connectivity index (χ4v) is 2.18. The zero-order valence-corrected chi connectivity index (χ0v) is 11.1. The molecule has 19 heavy (non-hydrogen) atoms. The van der Waals surface area contributed by atoms with Gasteiger partial charge in [0.15, 0.2) is 0 Å². The Morgan fingerprint density at radius 1 is 1.32 bits per heavy atom. The Bertz CT molecular complexity index is 658. The van der Waals surface area contributed by atoms with Crippen LogP contribution in [0.2, 0.25) is 0 Å². The van der Waals surface area contributed by atoms with Crippen LogP contribution < -0.4 is 10.5 Å². The molecule has 0 bridgehead atoms. The van der Waals surface area contributed by atoms with E-state index >= 15 is 0 Å². The largest absolute Gasteiger partial charge is 0.377 e. The van der Waals surface area contributed by atoms with Gasteiger partial charge in [0.1, 0.15) is 0 Å². The summed E-state index contributed by atoms with van der Waals surface area (Å²) in [6.45, 7) is 1.91. The Labute approximate surface area is 111 Å². The van der Waals surface area contributed by atoms with E-state index in [1.165, 1.54) is 12.1 Å². The number of nitrogens with one attached hydrogen (secondary N) is 1. The van der Waals surface area contributed by atoms with E-state index in [0.29, 0.717) is 5.69 Å². The zero-order valence-electron chi connectivity index (χ0n) is 10.3. The van der Waals surface area contributed by atoms with Crippen LogP contribution in [0.4, 0.5) is 5.69 Å². The van der Waals surface area contributed by atoms with Gasteiger partial charge in [-0.05, 0) is 25.1 Å². The molecule has 1 unspecified atom stereocenters. The van der Waals surface area contributed by atoms with Crippen molar-refractivity contribution in [1.82, 2.24) is 9.97 Å². The zero-order chi connectivity index (χ0) is 13.9. The summed E-state index contributed by atoms with van der Waals surface area (Å²) in [4.78, 5) is 8.24. The maximum Gasteiger partial charge on any atom is 0.238 e. The molecule has 7 heteroatoms. The van der Waals surface area contributed by atoms with Gasteiger partial charge in [-0.25, -0.2) is 13.6 Å². The average molecular weight is 278 g/mol. The number of nitrogens with two attached hydrogens (primary N) is 1. The highest BCUT2D eigenvalue weighted by Crippen LogP contribution is 2.19. The van der Waals surface area contributed by atoms with E-state index in [9.17, 15) is 8.42 Å². The van der Waals surface area contributed by atoms with E-state index in [2.05, 4.69) is 15.3 Å². The van der Waals surface area contributed by atoms with Crippen molar-refractivity contribution in [2.24, 2.45) is 5.14 Å². The van der Waals surface area contributed by atoms with Gasteiger partial charge in [-0.3, -0.25) is 9.97 Å². The molecule has 2 rings (SSSR count). The van der Waals surface area contributed by atoms with Crippen molar-refractivity contribution in [2.75, 3.05) is 5.32 Å². The Hall–Kier alpha value is -1.99. The second-order valence-corrected chi connectivity index (χ2v) is 5.63. The SMILES string of the molecule is CC(Nc1cccc(S(N)(=O)=O)c1)c1cnccn1. The van der Waals surface area contributed by atoms with Crippen molar-refractivity contribution >= 4 is 15.7 Å². The monoisotopic (exact) mass is 278 g/mol. The number of aromatic nitrogens is 2. The lowest BCUT2D eigenvalue weighted by Gasteiger charge is -2.14. The molecule has 1 atom stereocenters. The molecule has 1 aromatic carbocycles. The first-order valence-electron chi connectivity index (χ1n) is 5.62. The van der Waals surface area contributed by atoms with Gasteiger partial charge in [0.25, 0.3) is 0 Å². The van der Waals surface area contributed by atoms with Crippen LogP contribution in [0.25, 0.3) is 0 Å². The van der Waals surface area contributed by atoms with Gasteiger partial charge in [-0.15, -0.1) is 0 Å². The van der Waals surface area contributed by atoms with Crippen molar-refractivity contribution in [3.05, 3.63) is 48.5 Å². The van der Waals surface area contributed by atoms with Crippen LogP contribution in [-0.2, 0) is 10.0 Å². The van der Waals surface area contributed by atoms with E-state index in [1.54, 1.807) is 30.7 Å². The first-order chi connectivity index (χ1) is 8.97. The van der Waals surface area contributed by atoms with Crippen LogP contribution in [0.15, 0.2) is 47.8 Å². The third-order valence-electron chi connectivity index (χ3n) is 2.57. The average Bonchev–Trinajstić information content (AvgIpc) is 2.39. The molecule has 0 saturated heterocycles. The number of hydrogen-bond donors (Lipinski definition) is 2. The lowest BCUT2D eigenvalue weighted by atomic mass is 10.2. The topological polar surface area (TPSA) is 98.0 Å². The molecule has 3 N–H and O–H groups in total. The van der Waals surface area contributed by atoms with Gasteiger partial charge in [-0.2, -0.15) is 0 Å². The van der Waals surface area contributed by atoms with Gasteiger partial charge < -0.3 is 5.32 Å². The van der Waals surface area contributed by atoms with Crippen molar-refractivity contribution in [3.63, 3.8) is 0 Å². The molecule has 0 aliphatic rings. The van der Waals surface area contributed by atoms with Crippen LogP contribution in [-0.4, -0.2) is 18.4 Å². The lowest BCUT2D eigenvalue weighted by Crippen LogP contribution is -2.13. The van der Waals surface area contributed by atoms with Gasteiger partial charge in [-0.1, -0.05) is 6.07 Å². The summed E-state index contributed by atoms with van der Waals surface area (Å²) in [7, 11) is -3.69. The normalized spacial score (nSPS) is 12.9. The molecule has 0 aliphatic carbocycles. The van der Waals surface area contributed by atoms with E-state index in [-0.39, 0.29) is 10.9 Å². The Morgan fingerprint density at radius 3 is 2.74 bits per heavy atom. The molecular formula is C12H14N4O2S. The molecule has 2 aromatic rings. The first-order valence-corrected chi connectivity index (χ1v) is 7.17. The van der Waals surface area contributed by atoms with Crippen molar-refractivity contribution in [2.45, 2.75) is 17.9 Å². The van der Waals surface area contributed by atoms with Gasteiger partial charge in [0, 0.05) is 18.1 Å². The molecule has 0 fully saturated rings. The summed E-state index contributed by atoms with van der Waals surface area (Å²) in [6, 6.07) is 6.24. The maximum absolute atomic E-state index is 11.3. The Morgan fingerprint density at radius 2 is 2.11 bits per heavy atom. The molecule has 0 aliphatic heterocycles.